The second-order valence-corrected chi connectivity index (χ2v) is 6.58. The molecule has 2 rings (SSSR count). The van der Waals surface area contributed by atoms with Crippen molar-refractivity contribution >= 4 is 12.4 Å². The van der Waals surface area contributed by atoms with Gasteiger partial charge in [-0.1, -0.05) is 39.0 Å². The summed E-state index contributed by atoms with van der Waals surface area (Å²) in [4.78, 5) is 0. The molecule has 0 saturated carbocycles. The first kappa shape index (κ1) is 17.3. The number of hydrogen-bond donors (Lipinski definition) is 1. The Labute approximate surface area is 129 Å². The number of halogens is 1. The van der Waals surface area contributed by atoms with Gasteiger partial charge in [-0.15, -0.1) is 12.4 Å². The first-order valence-corrected chi connectivity index (χ1v) is 7.50. The van der Waals surface area contributed by atoms with Gasteiger partial charge < -0.3 is 10.1 Å². The highest BCUT2D eigenvalue weighted by atomic mass is 35.5. The molecule has 1 aliphatic heterocycles. The highest BCUT2D eigenvalue weighted by Crippen LogP contribution is 2.31. The normalized spacial score (nSPS) is 16.6. The molecule has 0 aromatic heterocycles. The molecule has 3 heteroatoms. The fourth-order valence-corrected chi connectivity index (χ4v) is 2.72. The number of piperidine rings is 1. The van der Waals surface area contributed by atoms with E-state index in [1.165, 1.54) is 37.9 Å². The minimum absolute atomic E-state index is 0. The predicted molar refractivity (Wildman–Crippen MR) is 88.1 cm³/mol. The van der Waals surface area contributed by atoms with E-state index in [2.05, 4.69) is 50.4 Å². The van der Waals surface area contributed by atoms with Crippen LogP contribution in [-0.2, 0) is 5.41 Å². The molecule has 0 aliphatic carbocycles. The third kappa shape index (κ3) is 4.99. The molecule has 1 N–H and O–H groups in total. The van der Waals surface area contributed by atoms with Gasteiger partial charge in [0.2, 0.25) is 0 Å². The van der Waals surface area contributed by atoms with E-state index in [1.54, 1.807) is 0 Å². The number of ether oxygens (including phenoxy) is 1. The van der Waals surface area contributed by atoms with E-state index < -0.39 is 0 Å². The molecule has 20 heavy (non-hydrogen) atoms. The molecule has 1 aromatic rings. The molecule has 1 fully saturated rings. The Morgan fingerprint density at radius 3 is 2.45 bits per heavy atom. The molecule has 0 radical (unpaired) electrons. The van der Waals surface area contributed by atoms with Crippen LogP contribution in [0.4, 0.5) is 0 Å². The summed E-state index contributed by atoms with van der Waals surface area (Å²) in [6.07, 6.45) is 3.77. The van der Waals surface area contributed by atoms with E-state index in [1.807, 2.05) is 0 Å². The highest BCUT2D eigenvalue weighted by molar-refractivity contribution is 5.85. The zero-order valence-corrected chi connectivity index (χ0v) is 13.8. The maximum atomic E-state index is 6.05. The van der Waals surface area contributed by atoms with Crippen LogP contribution in [0.25, 0.3) is 0 Å². The van der Waals surface area contributed by atoms with Gasteiger partial charge in [-0.3, -0.25) is 0 Å². The van der Waals surface area contributed by atoms with Gasteiger partial charge in [0.05, 0.1) is 6.61 Å². The van der Waals surface area contributed by atoms with Crippen molar-refractivity contribution in [2.45, 2.75) is 45.4 Å². The van der Waals surface area contributed by atoms with Crippen molar-refractivity contribution in [3.63, 3.8) is 0 Å². The minimum atomic E-state index is 0. The van der Waals surface area contributed by atoms with Crippen LogP contribution in [0.15, 0.2) is 24.3 Å². The lowest BCUT2D eigenvalue weighted by atomic mass is 9.86. The molecular formula is C17H28ClNO. The number of rotatable bonds is 4. The van der Waals surface area contributed by atoms with Crippen LogP contribution in [0.2, 0.25) is 0 Å². The summed E-state index contributed by atoms with van der Waals surface area (Å²) in [6.45, 7) is 9.90. The maximum Gasteiger partial charge on any atom is 0.123 e. The van der Waals surface area contributed by atoms with E-state index in [4.69, 9.17) is 4.74 Å². The van der Waals surface area contributed by atoms with Crippen LogP contribution < -0.4 is 10.1 Å². The van der Waals surface area contributed by atoms with Crippen molar-refractivity contribution in [1.29, 1.82) is 0 Å². The zero-order valence-electron chi connectivity index (χ0n) is 12.9. The summed E-state index contributed by atoms with van der Waals surface area (Å²) in [7, 11) is 0. The first-order chi connectivity index (χ1) is 9.07. The molecule has 0 atom stereocenters. The smallest absolute Gasteiger partial charge is 0.123 e. The molecule has 1 heterocycles. The van der Waals surface area contributed by atoms with E-state index in [-0.39, 0.29) is 17.8 Å². The van der Waals surface area contributed by atoms with Gasteiger partial charge in [-0.05, 0) is 55.3 Å². The summed E-state index contributed by atoms with van der Waals surface area (Å²) in [5.74, 6) is 1.90. The van der Waals surface area contributed by atoms with Gasteiger partial charge in [-0.2, -0.15) is 0 Å². The van der Waals surface area contributed by atoms with Gasteiger partial charge >= 0.3 is 0 Å². The SMILES string of the molecule is CC(C)(C)c1ccccc1OCCC1CCNCC1.Cl. The lowest BCUT2D eigenvalue weighted by molar-refractivity contribution is 0.248. The van der Waals surface area contributed by atoms with Crippen molar-refractivity contribution in [3.05, 3.63) is 29.8 Å². The first-order valence-electron chi connectivity index (χ1n) is 7.50. The number of hydrogen-bond acceptors (Lipinski definition) is 2. The Morgan fingerprint density at radius 1 is 1.15 bits per heavy atom. The van der Waals surface area contributed by atoms with Crippen molar-refractivity contribution in [1.82, 2.24) is 5.32 Å². The molecule has 114 valence electrons. The summed E-state index contributed by atoms with van der Waals surface area (Å²) >= 11 is 0. The topological polar surface area (TPSA) is 21.3 Å². The van der Waals surface area contributed by atoms with Crippen LogP contribution in [0, 0.1) is 5.92 Å². The molecule has 0 spiro atoms. The van der Waals surface area contributed by atoms with Crippen LogP contribution in [0.3, 0.4) is 0 Å². The largest absolute Gasteiger partial charge is 0.493 e. The van der Waals surface area contributed by atoms with Crippen LogP contribution in [-0.4, -0.2) is 19.7 Å². The monoisotopic (exact) mass is 297 g/mol. The zero-order chi connectivity index (χ0) is 13.7. The standard InChI is InChI=1S/C17H27NO.ClH/c1-17(2,3)15-6-4-5-7-16(15)19-13-10-14-8-11-18-12-9-14;/h4-7,14,18H,8-13H2,1-3H3;1H. The molecule has 0 unspecified atom stereocenters. The number of nitrogens with one attached hydrogen (secondary N) is 1. The average molecular weight is 298 g/mol. The van der Waals surface area contributed by atoms with Crippen LogP contribution in [0.5, 0.6) is 5.75 Å². The van der Waals surface area contributed by atoms with Gasteiger partial charge in [0.25, 0.3) is 0 Å². The average Bonchev–Trinajstić information content (AvgIpc) is 2.39. The van der Waals surface area contributed by atoms with Gasteiger partial charge in [0.1, 0.15) is 5.75 Å². The second kappa shape index (κ2) is 7.90. The van der Waals surface area contributed by atoms with E-state index in [0.29, 0.717) is 0 Å². The van der Waals surface area contributed by atoms with Crippen LogP contribution >= 0.6 is 12.4 Å². The maximum absolute atomic E-state index is 6.05. The number of benzene rings is 1. The molecule has 1 saturated heterocycles. The Hall–Kier alpha value is -0.730. The summed E-state index contributed by atoms with van der Waals surface area (Å²) < 4.78 is 6.05. The van der Waals surface area contributed by atoms with Crippen molar-refractivity contribution < 1.29 is 4.74 Å². The third-order valence-electron chi connectivity index (χ3n) is 3.94. The minimum Gasteiger partial charge on any atom is -0.493 e. The Balaban J connectivity index is 0.00000200. The summed E-state index contributed by atoms with van der Waals surface area (Å²) in [5, 5.41) is 3.41. The quantitative estimate of drug-likeness (QED) is 0.900. The Morgan fingerprint density at radius 2 is 1.80 bits per heavy atom. The van der Waals surface area contributed by atoms with Gasteiger partial charge in [0, 0.05) is 0 Å². The second-order valence-electron chi connectivity index (χ2n) is 6.58. The van der Waals surface area contributed by atoms with Gasteiger partial charge in [0.15, 0.2) is 0 Å². The molecular weight excluding hydrogens is 270 g/mol. The highest BCUT2D eigenvalue weighted by Gasteiger charge is 2.19. The fraction of sp³-hybridized carbons (Fsp3) is 0.647. The Bertz CT molecular complexity index is 394. The lowest BCUT2D eigenvalue weighted by Gasteiger charge is -2.25. The number of para-hydroxylation sites is 1. The van der Waals surface area contributed by atoms with Crippen molar-refractivity contribution in [2.75, 3.05) is 19.7 Å². The van der Waals surface area contributed by atoms with Crippen LogP contribution in [0.1, 0.15) is 45.6 Å². The molecule has 2 nitrogen and oxygen atoms in total. The molecule has 1 aliphatic rings. The van der Waals surface area contributed by atoms with Gasteiger partial charge in [-0.25, -0.2) is 0 Å². The molecule has 1 aromatic carbocycles. The lowest BCUT2D eigenvalue weighted by Crippen LogP contribution is -2.28. The van der Waals surface area contributed by atoms with E-state index in [0.717, 1.165) is 18.3 Å². The Kier molecular flexibility index (Phi) is 6.84. The van der Waals surface area contributed by atoms with Crippen molar-refractivity contribution in [2.24, 2.45) is 5.92 Å². The molecule has 0 bridgehead atoms. The van der Waals surface area contributed by atoms with Crippen molar-refractivity contribution in [3.8, 4) is 5.75 Å². The van der Waals surface area contributed by atoms with E-state index >= 15 is 0 Å². The predicted octanol–water partition coefficient (Wildman–Crippen LogP) is 4.17. The van der Waals surface area contributed by atoms with E-state index in [9.17, 15) is 0 Å². The summed E-state index contributed by atoms with van der Waals surface area (Å²) in [6, 6.07) is 8.44. The summed E-state index contributed by atoms with van der Waals surface area (Å²) in [5.41, 5.74) is 1.45. The third-order valence-corrected chi connectivity index (χ3v) is 3.94. The fourth-order valence-electron chi connectivity index (χ4n) is 2.72. The molecule has 0 amide bonds.